The summed E-state index contributed by atoms with van der Waals surface area (Å²) in [5, 5.41) is 2.70. The molecule has 1 heterocycles. The minimum atomic E-state index is -0.905. The fourth-order valence-corrected chi connectivity index (χ4v) is 2.23. The van der Waals surface area contributed by atoms with Crippen LogP contribution in [0.4, 0.5) is 5.69 Å². The monoisotopic (exact) mass is 335 g/mol. The Balaban J connectivity index is 1.60. The number of rotatable bonds is 5. The molecule has 2 N–H and O–H groups in total. The number of ether oxygens (including phenoxy) is 1. The van der Waals surface area contributed by atoms with Crippen LogP contribution in [-0.4, -0.2) is 27.9 Å². The number of para-hydroxylation sites is 1. The molecule has 1 atom stereocenters. The highest BCUT2D eigenvalue weighted by atomic mass is 16.5. The summed E-state index contributed by atoms with van der Waals surface area (Å²) >= 11 is 0. The standard InChI is InChI=1S/C19H17N3O3/c1-13(18(23)22-16-5-3-2-4-6-16)25-19(24)15-9-7-14(8-10-15)17-20-11-12-21-17/h2-13H,1H3,(H,20,21)(H,22,23). The largest absolute Gasteiger partial charge is 0.449 e. The lowest BCUT2D eigenvalue weighted by atomic mass is 10.1. The Kier molecular flexibility index (Phi) is 4.89. The van der Waals surface area contributed by atoms with Crippen molar-refractivity contribution in [2.75, 3.05) is 5.32 Å². The zero-order valence-corrected chi connectivity index (χ0v) is 13.6. The number of hydrogen-bond donors (Lipinski definition) is 2. The van der Waals surface area contributed by atoms with E-state index in [0.717, 1.165) is 11.4 Å². The fraction of sp³-hybridized carbons (Fsp3) is 0.105. The van der Waals surface area contributed by atoms with Crippen molar-refractivity contribution in [1.82, 2.24) is 9.97 Å². The van der Waals surface area contributed by atoms with Gasteiger partial charge in [0, 0.05) is 23.6 Å². The van der Waals surface area contributed by atoms with Gasteiger partial charge in [0.15, 0.2) is 6.10 Å². The normalized spacial score (nSPS) is 11.6. The molecule has 6 heteroatoms. The molecule has 1 amide bonds. The Hall–Kier alpha value is -3.41. The number of imidazole rings is 1. The number of carbonyl (C=O) groups excluding carboxylic acids is 2. The predicted molar refractivity (Wildman–Crippen MR) is 94.0 cm³/mol. The summed E-state index contributed by atoms with van der Waals surface area (Å²) in [4.78, 5) is 31.4. The molecule has 0 aliphatic carbocycles. The number of esters is 1. The second kappa shape index (κ2) is 7.44. The van der Waals surface area contributed by atoms with E-state index >= 15 is 0 Å². The second-order valence-corrected chi connectivity index (χ2v) is 5.42. The van der Waals surface area contributed by atoms with Gasteiger partial charge in [-0.1, -0.05) is 30.3 Å². The van der Waals surface area contributed by atoms with Crippen LogP contribution in [0.2, 0.25) is 0 Å². The molecule has 3 aromatic rings. The van der Waals surface area contributed by atoms with Gasteiger partial charge in [-0.25, -0.2) is 9.78 Å². The summed E-state index contributed by atoms with van der Waals surface area (Å²) in [5.74, 6) is -0.219. The SMILES string of the molecule is CC(OC(=O)c1ccc(-c2ncc[nH]2)cc1)C(=O)Nc1ccccc1. The summed E-state index contributed by atoms with van der Waals surface area (Å²) in [6.07, 6.45) is 2.48. The molecule has 0 aliphatic heterocycles. The molecule has 6 nitrogen and oxygen atoms in total. The van der Waals surface area contributed by atoms with Crippen molar-refractivity contribution in [3.8, 4) is 11.4 Å². The van der Waals surface area contributed by atoms with E-state index in [1.54, 1.807) is 48.8 Å². The van der Waals surface area contributed by atoms with Crippen molar-refractivity contribution >= 4 is 17.6 Å². The van der Waals surface area contributed by atoms with Gasteiger partial charge in [0.25, 0.3) is 5.91 Å². The number of carbonyl (C=O) groups is 2. The van der Waals surface area contributed by atoms with Crippen LogP contribution in [-0.2, 0) is 9.53 Å². The number of benzene rings is 2. The minimum Gasteiger partial charge on any atom is -0.449 e. The molecule has 0 radical (unpaired) electrons. The van der Waals surface area contributed by atoms with E-state index in [0.29, 0.717) is 11.3 Å². The van der Waals surface area contributed by atoms with Crippen LogP contribution in [0.15, 0.2) is 67.0 Å². The molecule has 0 bridgehead atoms. The van der Waals surface area contributed by atoms with Gasteiger partial charge < -0.3 is 15.0 Å². The molecule has 3 rings (SSSR count). The molecule has 0 fully saturated rings. The van der Waals surface area contributed by atoms with E-state index in [2.05, 4.69) is 15.3 Å². The molecule has 1 unspecified atom stereocenters. The molecule has 25 heavy (non-hydrogen) atoms. The average molecular weight is 335 g/mol. The average Bonchev–Trinajstić information content (AvgIpc) is 3.17. The van der Waals surface area contributed by atoms with Crippen LogP contribution in [0.1, 0.15) is 17.3 Å². The van der Waals surface area contributed by atoms with Crippen molar-refractivity contribution in [2.45, 2.75) is 13.0 Å². The molecule has 0 aliphatic rings. The predicted octanol–water partition coefficient (Wildman–Crippen LogP) is 3.26. The zero-order valence-electron chi connectivity index (χ0n) is 13.6. The highest BCUT2D eigenvalue weighted by Crippen LogP contribution is 2.16. The van der Waals surface area contributed by atoms with E-state index in [4.69, 9.17) is 4.74 Å². The fourth-order valence-electron chi connectivity index (χ4n) is 2.23. The van der Waals surface area contributed by atoms with Crippen LogP contribution >= 0.6 is 0 Å². The molecule has 2 aromatic carbocycles. The van der Waals surface area contributed by atoms with Crippen molar-refractivity contribution < 1.29 is 14.3 Å². The van der Waals surface area contributed by atoms with E-state index < -0.39 is 12.1 Å². The van der Waals surface area contributed by atoms with E-state index in [9.17, 15) is 9.59 Å². The maximum atomic E-state index is 12.2. The number of H-pyrrole nitrogens is 1. The lowest BCUT2D eigenvalue weighted by molar-refractivity contribution is -0.123. The van der Waals surface area contributed by atoms with Gasteiger partial charge in [-0.05, 0) is 31.2 Å². The van der Waals surface area contributed by atoms with Crippen LogP contribution in [0.3, 0.4) is 0 Å². The van der Waals surface area contributed by atoms with Crippen LogP contribution in [0, 0.1) is 0 Å². The zero-order chi connectivity index (χ0) is 17.6. The van der Waals surface area contributed by atoms with Gasteiger partial charge in [-0.3, -0.25) is 4.79 Å². The molecular formula is C19H17N3O3. The van der Waals surface area contributed by atoms with Gasteiger partial charge in [0.05, 0.1) is 5.56 Å². The Bertz CT molecular complexity index is 843. The lowest BCUT2D eigenvalue weighted by Crippen LogP contribution is -2.29. The highest BCUT2D eigenvalue weighted by molar-refractivity contribution is 5.97. The summed E-state index contributed by atoms with van der Waals surface area (Å²) in [6.45, 7) is 1.54. The van der Waals surface area contributed by atoms with Crippen LogP contribution < -0.4 is 5.32 Å². The van der Waals surface area contributed by atoms with Crippen molar-refractivity contribution in [2.24, 2.45) is 0 Å². The third-order valence-corrected chi connectivity index (χ3v) is 3.59. The molecule has 126 valence electrons. The Morgan fingerprint density at radius 2 is 1.80 bits per heavy atom. The summed E-state index contributed by atoms with van der Waals surface area (Å²) < 4.78 is 5.23. The van der Waals surface area contributed by atoms with Gasteiger partial charge >= 0.3 is 5.97 Å². The van der Waals surface area contributed by atoms with Crippen LogP contribution in [0.5, 0.6) is 0 Å². The highest BCUT2D eigenvalue weighted by Gasteiger charge is 2.19. The quantitative estimate of drug-likeness (QED) is 0.701. The van der Waals surface area contributed by atoms with E-state index in [-0.39, 0.29) is 5.91 Å². The Morgan fingerprint density at radius 3 is 2.44 bits per heavy atom. The van der Waals surface area contributed by atoms with Crippen molar-refractivity contribution in [3.63, 3.8) is 0 Å². The Morgan fingerprint density at radius 1 is 1.08 bits per heavy atom. The summed E-state index contributed by atoms with van der Waals surface area (Å²) in [5.41, 5.74) is 1.88. The molecule has 0 saturated heterocycles. The summed E-state index contributed by atoms with van der Waals surface area (Å²) in [7, 11) is 0. The third-order valence-electron chi connectivity index (χ3n) is 3.59. The molecular weight excluding hydrogens is 318 g/mol. The summed E-state index contributed by atoms with van der Waals surface area (Å²) in [6, 6.07) is 15.8. The first-order chi connectivity index (χ1) is 12.1. The number of nitrogens with zero attached hydrogens (tertiary/aromatic N) is 1. The second-order valence-electron chi connectivity index (χ2n) is 5.42. The number of amides is 1. The first-order valence-electron chi connectivity index (χ1n) is 7.80. The number of hydrogen-bond acceptors (Lipinski definition) is 4. The smallest absolute Gasteiger partial charge is 0.338 e. The van der Waals surface area contributed by atoms with Crippen molar-refractivity contribution in [1.29, 1.82) is 0 Å². The maximum absolute atomic E-state index is 12.2. The first kappa shape index (κ1) is 16.4. The number of aromatic amines is 1. The van der Waals surface area contributed by atoms with Gasteiger partial charge in [0.2, 0.25) is 0 Å². The first-order valence-corrected chi connectivity index (χ1v) is 7.80. The van der Waals surface area contributed by atoms with Gasteiger partial charge in [0.1, 0.15) is 5.82 Å². The topological polar surface area (TPSA) is 84.1 Å². The van der Waals surface area contributed by atoms with Crippen LogP contribution in [0.25, 0.3) is 11.4 Å². The third kappa shape index (κ3) is 4.11. The lowest BCUT2D eigenvalue weighted by Gasteiger charge is -2.13. The molecule has 1 aromatic heterocycles. The number of aromatic nitrogens is 2. The van der Waals surface area contributed by atoms with Crippen molar-refractivity contribution in [3.05, 3.63) is 72.6 Å². The Labute approximate surface area is 144 Å². The molecule has 0 spiro atoms. The number of anilines is 1. The van der Waals surface area contributed by atoms with Gasteiger partial charge in [-0.15, -0.1) is 0 Å². The number of nitrogens with one attached hydrogen (secondary N) is 2. The van der Waals surface area contributed by atoms with Gasteiger partial charge in [-0.2, -0.15) is 0 Å². The molecule has 0 saturated carbocycles. The maximum Gasteiger partial charge on any atom is 0.338 e. The van der Waals surface area contributed by atoms with E-state index in [1.165, 1.54) is 6.92 Å². The van der Waals surface area contributed by atoms with E-state index in [1.807, 2.05) is 18.2 Å². The minimum absolute atomic E-state index is 0.370.